The Hall–Kier alpha value is 0.670. The molecule has 0 aliphatic heterocycles. The minimum atomic E-state index is -3.74. The van der Waals surface area contributed by atoms with Crippen LogP contribution in [-0.2, 0) is 9.84 Å². The second-order valence-corrected chi connectivity index (χ2v) is 6.95. The molecule has 1 aromatic heterocycles. The molecule has 1 heterocycles. The van der Waals surface area contributed by atoms with Crippen molar-refractivity contribution in [3.63, 3.8) is 0 Å². The highest BCUT2D eigenvalue weighted by atomic mass is 79.9. The summed E-state index contributed by atoms with van der Waals surface area (Å²) in [5.41, 5.74) is 0. The van der Waals surface area contributed by atoms with E-state index in [-0.39, 0.29) is 18.0 Å². The second kappa shape index (κ2) is 4.04. The first-order valence-corrected chi connectivity index (χ1v) is 6.89. The minimum Gasteiger partial charge on any atom is -0.380 e. The zero-order valence-corrected chi connectivity index (χ0v) is 10.7. The van der Waals surface area contributed by atoms with Crippen molar-refractivity contribution < 1.29 is 13.5 Å². The van der Waals surface area contributed by atoms with E-state index in [1.807, 2.05) is 0 Å². The number of halogens is 3. The average molecular weight is 326 g/mol. The highest BCUT2D eigenvalue weighted by molar-refractivity contribution is 9.10. The molecule has 74 valence electrons. The summed E-state index contributed by atoms with van der Waals surface area (Å²) in [6.07, 6.45) is 0. The zero-order valence-electron chi connectivity index (χ0n) is 5.92. The van der Waals surface area contributed by atoms with Crippen LogP contribution in [0.2, 0.25) is 8.67 Å². The van der Waals surface area contributed by atoms with Crippen molar-refractivity contribution in [2.24, 2.45) is 0 Å². The quantitative estimate of drug-likeness (QED) is 0.909. The Morgan fingerprint density at radius 2 is 1.92 bits per heavy atom. The van der Waals surface area contributed by atoms with E-state index in [0.717, 1.165) is 11.3 Å². The average Bonchev–Trinajstić information content (AvgIpc) is 2.27. The van der Waals surface area contributed by atoms with Crippen LogP contribution in [0.25, 0.3) is 0 Å². The number of aliphatic hydroxyl groups is 1. The van der Waals surface area contributed by atoms with Gasteiger partial charge < -0.3 is 5.11 Å². The molecule has 0 atom stereocenters. The Morgan fingerprint density at radius 3 is 2.23 bits per heavy atom. The minimum absolute atomic E-state index is 0.0472. The summed E-state index contributed by atoms with van der Waals surface area (Å²) in [4.78, 5) is -0.147. The van der Waals surface area contributed by atoms with Crippen molar-refractivity contribution in [2.45, 2.75) is 4.90 Å². The molecule has 0 saturated carbocycles. The summed E-state index contributed by atoms with van der Waals surface area (Å²) in [5, 5.41) is 8.60. The van der Waals surface area contributed by atoms with Crippen LogP contribution in [0.1, 0.15) is 0 Å². The van der Waals surface area contributed by atoms with Gasteiger partial charge in [0.05, 0.1) is 4.47 Å². The van der Waals surface area contributed by atoms with Crippen LogP contribution in [0.3, 0.4) is 0 Å². The number of sulfone groups is 1. The molecule has 0 fully saturated rings. The van der Waals surface area contributed by atoms with E-state index >= 15 is 0 Å². The lowest BCUT2D eigenvalue weighted by atomic mass is 10.7. The maximum atomic E-state index is 11.2. The number of hydrogen-bond acceptors (Lipinski definition) is 4. The van der Waals surface area contributed by atoms with Gasteiger partial charge in [0.15, 0.2) is 0 Å². The molecule has 1 aromatic rings. The predicted octanol–water partition coefficient (Wildman–Crippen LogP) is 2.54. The van der Waals surface area contributed by atoms with Crippen LogP contribution in [0, 0.1) is 0 Å². The molecule has 1 rings (SSSR count). The Morgan fingerprint density at radius 1 is 1.38 bits per heavy atom. The second-order valence-electron chi connectivity index (χ2n) is 2.04. The van der Waals surface area contributed by atoms with Gasteiger partial charge in [0.2, 0.25) is 9.84 Å². The molecule has 0 aliphatic carbocycles. The molecule has 0 amide bonds. The van der Waals surface area contributed by atoms with Crippen LogP contribution in [0.5, 0.6) is 0 Å². The molecule has 13 heavy (non-hydrogen) atoms. The molecule has 0 aromatic carbocycles. The summed E-state index contributed by atoms with van der Waals surface area (Å²) in [5.74, 6) is -0.988. The molecule has 0 bridgehead atoms. The summed E-state index contributed by atoms with van der Waals surface area (Å²) >= 11 is 15.2. The highest BCUT2D eigenvalue weighted by Crippen LogP contribution is 2.43. The fourth-order valence-electron chi connectivity index (χ4n) is 0.669. The molecule has 0 saturated heterocycles. The van der Waals surface area contributed by atoms with Crippen LogP contribution >= 0.6 is 50.5 Å². The Balaban J connectivity index is 3.47. The van der Waals surface area contributed by atoms with Crippen LogP contribution in [-0.4, -0.2) is 19.5 Å². The van der Waals surface area contributed by atoms with Gasteiger partial charge >= 0.3 is 0 Å². The molecule has 0 radical (unpaired) electrons. The topological polar surface area (TPSA) is 54.4 Å². The molecule has 0 spiro atoms. The van der Waals surface area contributed by atoms with Gasteiger partial charge in [-0.1, -0.05) is 23.2 Å². The van der Waals surface area contributed by atoms with Gasteiger partial charge in [0, 0.05) is 0 Å². The predicted molar refractivity (Wildman–Crippen MR) is 56.3 cm³/mol. The van der Waals surface area contributed by atoms with E-state index in [2.05, 4.69) is 15.9 Å². The molecular formula is C5H3BrCl2O3S2. The normalized spacial score (nSPS) is 12.0. The lowest BCUT2D eigenvalue weighted by Crippen LogP contribution is -2.05. The van der Waals surface area contributed by atoms with Gasteiger partial charge in [-0.3, -0.25) is 0 Å². The Bertz CT molecular complexity index is 425. The van der Waals surface area contributed by atoms with Crippen molar-refractivity contribution in [3.05, 3.63) is 13.1 Å². The van der Waals surface area contributed by atoms with Gasteiger partial charge in [0.1, 0.15) is 19.5 Å². The lowest BCUT2D eigenvalue weighted by molar-refractivity contribution is 0.358. The van der Waals surface area contributed by atoms with E-state index in [1.54, 1.807) is 0 Å². The number of rotatable bonds is 2. The van der Waals surface area contributed by atoms with Gasteiger partial charge in [-0.2, -0.15) is 0 Å². The fraction of sp³-hybridized carbons (Fsp3) is 0.200. The first kappa shape index (κ1) is 11.7. The molecule has 0 aliphatic rings. The van der Waals surface area contributed by atoms with E-state index < -0.39 is 15.8 Å². The third-order valence-electron chi connectivity index (χ3n) is 1.21. The monoisotopic (exact) mass is 324 g/mol. The van der Waals surface area contributed by atoms with Crippen molar-refractivity contribution in [1.82, 2.24) is 0 Å². The molecule has 1 N–H and O–H groups in total. The fourth-order valence-corrected chi connectivity index (χ4v) is 5.14. The van der Waals surface area contributed by atoms with Crippen LogP contribution in [0.4, 0.5) is 0 Å². The van der Waals surface area contributed by atoms with Crippen molar-refractivity contribution >= 4 is 60.3 Å². The molecule has 0 unspecified atom stereocenters. The first-order chi connectivity index (χ1) is 5.90. The summed E-state index contributed by atoms with van der Waals surface area (Å²) in [6, 6.07) is 0. The standard InChI is InChI=1S/C5H3BrCl2O3S2/c6-2-3(13(10,11)1-9)5(8)12-4(2)7/h9H,1H2. The lowest BCUT2D eigenvalue weighted by Gasteiger charge is -1.98. The van der Waals surface area contributed by atoms with E-state index in [9.17, 15) is 8.42 Å². The third kappa shape index (κ3) is 2.19. The maximum absolute atomic E-state index is 11.2. The summed E-state index contributed by atoms with van der Waals surface area (Å²) < 4.78 is 23.0. The van der Waals surface area contributed by atoms with Gasteiger partial charge in [-0.15, -0.1) is 11.3 Å². The van der Waals surface area contributed by atoms with E-state index in [0.29, 0.717) is 0 Å². The van der Waals surface area contributed by atoms with E-state index in [4.69, 9.17) is 28.3 Å². The Labute approximate surface area is 97.3 Å². The van der Waals surface area contributed by atoms with Crippen LogP contribution < -0.4 is 0 Å². The third-order valence-corrected chi connectivity index (χ3v) is 5.98. The summed E-state index contributed by atoms with van der Waals surface area (Å²) in [7, 11) is -3.74. The number of aliphatic hydroxyl groups excluding tert-OH is 1. The van der Waals surface area contributed by atoms with E-state index in [1.165, 1.54) is 0 Å². The Kier molecular flexibility index (Phi) is 3.65. The number of hydrogen-bond donors (Lipinski definition) is 1. The highest BCUT2D eigenvalue weighted by Gasteiger charge is 2.25. The summed E-state index contributed by atoms with van der Waals surface area (Å²) in [6.45, 7) is 0. The van der Waals surface area contributed by atoms with Gasteiger partial charge in [-0.25, -0.2) is 8.42 Å². The number of thiophene rings is 1. The van der Waals surface area contributed by atoms with Gasteiger partial charge in [-0.05, 0) is 15.9 Å². The molecule has 3 nitrogen and oxygen atoms in total. The van der Waals surface area contributed by atoms with Gasteiger partial charge in [0.25, 0.3) is 0 Å². The zero-order chi connectivity index (χ0) is 10.2. The molecule has 8 heteroatoms. The van der Waals surface area contributed by atoms with Crippen molar-refractivity contribution in [1.29, 1.82) is 0 Å². The maximum Gasteiger partial charge on any atom is 0.205 e. The van der Waals surface area contributed by atoms with Crippen molar-refractivity contribution in [3.8, 4) is 0 Å². The first-order valence-electron chi connectivity index (χ1n) is 2.87. The smallest absolute Gasteiger partial charge is 0.205 e. The molecular weight excluding hydrogens is 323 g/mol. The van der Waals surface area contributed by atoms with Crippen LogP contribution in [0.15, 0.2) is 9.37 Å². The SMILES string of the molecule is O=S(=O)(CO)c1c(Cl)sc(Cl)c1Br. The largest absolute Gasteiger partial charge is 0.380 e. The van der Waals surface area contributed by atoms with Crippen molar-refractivity contribution in [2.75, 3.05) is 5.94 Å².